The molecule has 1 unspecified atom stereocenters. The van der Waals surface area contributed by atoms with Gasteiger partial charge >= 0.3 is 0 Å². The van der Waals surface area contributed by atoms with E-state index in [9.17, 15) is 0 Å². The molecule has 82 valence electrons. The lowest BCUT2D eigenvalue weighted by Crippen LogP contribution is -2.49. The topological polar surface area (TPSA) is 39.1 Å². The van der Waals surface area contributed by atoms with Crippen LogP contribution in [0.25, 0.3) is 0 Å². The number of hydrogen-bond acceptors (Lipinski definition) is 3. The van der Waals surface area contributed by atoms with E-state index in [1.165, 1.54) is 0 Å². The number of nitrogens with zero attached hydrogens (tertiary/aromatic N) is 2. The maximum absolute atomic E-state index is 9.06. The van der Waals surface area contributed by atoms with Gasteiger partial charge in [-0.1, -0.05) is 20.8 Å². The molecule has 14 heavy (non-hydrogen) atoms. The van der Waals surface area contributed by atoms with Gasteiger partial charge in [-0.25, -0.2) is 0 Å². The van der Waals surface area contributed by atoms with Crippen LogP contribution in [0.1, 0.15) is 27.7 Å². The molecule has 0 aliphatic rings. The zero-order valence-electron chi connectivity index (χ0n) is 10.1. The zero-order chi connectivity index (χ0) is 11.2. The van der Waals surface area contributed by atoms with Crippen LogP contribution in [0.5, 0.6) is 0 Å². The molecule has 0 aliphatic heterocycles. The molecule has 0 saturated heterocycles. The summed E-state index contributed by atoms with van der Waals surface area (Å²) >= 11 is 0. The van der Waals surface area contributed by atoms with E-state index in [1.807, 2.05) is 13.8 Å². The number of hydrogen-bond donors (Lipinski definition) is 1. The molecule has 3 heteroatoms. The highest BCUT2D eigenvalue weighted by molar-refractivity contribution is 5.05. The van der Waals surface area contributed by atoms with Crippen molar-refractivity contribution in [3.63, 3.8) is 0 Å². The maximum Gasteiger partial charge on any atom is 0.116 e. The van der Waals surface area contributed by atoms with E-state index in [-0.39, 0.29) is 0 Å². The van der Waals surface area contributed by atoms with Gasteiger partial charge in [0.1, 0.15) is 5.54 Å². The lowest BCUT2D eigenvalue weighted by atomic mass is 10.0. The first-order valence-corrected chi connectivity index (χ1v) is 5.28. The monoisotopic (exact) mass is 197 g/mol. The molecule has 0 saturated carbocycles. The Balaban J connectivity index is 4.11. The Morgan fingerprint density at radius 2 is 2.07 bits per heavy atom. The quantitative estimate of drug-likeness (QED) is 0.701. The van der Waals surface area contributed by atoms with Crippen molar-refractivity contribution >= 4 is 0 Å². The van der Waals surface area contributed by atoms with E-state index in [2.05, 4.69) is 37.2 Å². The van der Waals surface area contributed by atoms with Gasteiger partial charge in [0.2, 0.25) is 0 Å². The Morgan fingerprint density at radius 3 is 2.43 bits per heavy atom. The lowest BCUT2D eigenvalue weighted by Gasteiger charge is -2.29. The average molecular weight is 197 g/mol. The summed E-state index contributed by atoms with van der Waals surface area (Å²) < 4.78 is 0. The average Bonchev–Trinajstić information content (AvgIpc) is 2.02. The summed E-state index contributed by atoms with van der Waals surface area (Å²) in [6.45, 7) is 11.0. The van der Waals surface area contributed by atoms with Gasteiger partial charge in [-0.2, -0.15) is 5.26 Å². The van der Waals surface area contributed by atoms with Crippen LogP contribution in [0.4, 0.5) is 0 Å². The predicted molar refractivity (Wildman–Crippen MR) is 60.0 cm³/mol. The minimum absolute atomic E-state index is 0.418. The van der Waals surface area contributed by atoms with Crippen LogP contribution in [0, 0.1) is 17.2 Å². The van der Waals surface area contributed by atoms with Gasteiger partial charge in [-0.15, -0.1) is 0 Å². The summed E-state index contributed by atoms with van der Waals surface area (Å²) in [5, 5.41) is 12.3. The molecule has 0 aromatic rings. The van der Waals surface area contributed by atoms with Gasteiger partial charge in [0.25, 0.3) is 0 Å². The van der Waals surface area contributed by atoms with Crippen molar-refractivity contribution in [2.24, 2.45) is 5.92 Å². The minimum atomic E-state index is -0.418. The fourth-order valence-electron chi connectivity index (χ4n) is 1.75. The molecule has 0 aliphatic carbocycles. The lowest BCUT2D eigenvalue weighted by molar-refractivity contribution is 0.239. The van der Waals surface area contributed by atoms with Crippen LogP contribution in [0.2, 0.25) is 0 Å². The highest BCUT2D eigenvalue weighted by Gasteiger charge is 2.24. The molecule has 0 fully saturated rings. The van der Waals surface area contributed by atoms with Gasteiger partial charge < -0.3 is 4.90 Å². The van der Waals surface area contributed by atoms with Gasteiger partial charge in [-0.3, -0.25) is 5.32 Å². The first-order valence-electron chi connectivity index (χ1n) is 5.28. The minimum Gasteiger partial charge on any atom is -0.303 e. The second-order valence-electron chi connectivity index (χ2n) is 4.56. The molecular weight excluding hydrogens is 174 g/mol. The van der Waals surface area contributed by atoms with E-state index < -0.39 is 5.54 Å². The third kappa shape index (κ3) is 5.21. The van der Waals surface area contributed by atoms with Crippen molar-refractivity contribution in [1.29, 1.82) is 5.26 Å². The standard InChI is InChI=1S/C11H23N3/c1-6-13-11(4,8-12)9-14(5)7-10(2)3/h10,13H,6-7,9H2,1-5H3. The van der Waals surface area contributed by atoms with E-state index in [4.69, 9.17) is 5.26 Å². The second kappa shape index (κ2) is 6.00. The van der Waals surface area contributed by atoms with Gasteiger partial charge in [-0.05, 0) is 26.4 Å². The van der Waals surface area contributed by atoms with E-state index >= 15 is 0 Å². The number of likely N-dealkylation sites (N-methyl/N-ethyl adjacent to an activating group) is 2. The SMILES string of the molecule is CCNC(C)(C#N)CN(C)CC(C)C. The molecule has 3 nitrogen and oxygen atoms in total. The van der Waals surface area contributed by atoms with Gasteiger partial charge in [0, 0.05) is 13.1 Å². The van der Waals surface area contributed by atoms with Crippen LogP contribution in [-0.4, -0.2) is 37.1 Å². The summed E-state index contributed by atoms with van der Waals surface area (Å²) in [7, 11) is 2.06. The highest BCUT2D eigenvalue weighted by atomic mass is 15.1. The molecule has 1 atom stereocenters. The van der Waals surface area contributed by atoms with Gasteiger partial charge in [0.05, 0.1) is 6.07 Å². The fourth-order valence-corrected chi connectivity index (χ4v) is 1.75. The molecule has 0 heterocycles. The maximum atomic E-state index is 9.06. The summed E-state index contributed by atoms with van der Waals surface area (Å²) in [6, 6.07) is 2.33. The third-order valence-electron chi connectivity index (χ3n) is 2.08. The van der Waals surface area contributed by atoms with Crippen molar-refractivity contribution < 1.29 is 0 Å². The van der Waals surface area contributed by atoms with Crippen LogP contribution >= 0.6 is 0 Å². The molecule has 0 rings (SSSR count). The Labute approximate surface area is 88.1 Å². The van der Waals surface area contributed by atoms with Crippen molar-refractivity contribution in [1.82, 2.24) is 10.2 Å². The van der Waals surface area contributed by atoms with Crippen molar-refractivity contribution in [3.8, 4) is 6.07 Å². The van der Waals surface area contributed by atoms with Crippen LogP contribution in [0.3, 0.4) is 0 Å². The van der Waals surface area contributed by atoms with Crippen LogP contribution in [0.15, 0.2) is 0 Å². The first-order chi connectivity index (χ1) is 6.43. The molecule has 0 spiro atoms. The highest BCUT2D eigenvalue weighted by Crippen LogP contribution is 2.06. The zero-order valence-corrected chi connectivity index (χ0v) is 10.1. The Hall–Kier alpha value is -0.590. The number of nitrogens with one attached hydrogen (secondary N) is 1. The third-order valence-corrected chi connectivity index (χ3v) is 2.08. The molecule has 0 bridgehead atoms. The normalized spacial score (nSPS) is 15.6. The second-order valence-corrected chi connectivity index (χ2v) is 4.56. The summed E-state index contributed by atoms with van der Waals surface area (Å²) in [5.74, 6) is 0.643. The largest absolute Gasteiger partial charge is 0.303 e. The Morgan fingerprint density at radius 1 is 1.50 bits per heavy atom. The summed E-state index contributed by atoms with van der Waals surface area (Å²) in [4.78, 5) is 2.20. The van der Waals surface area contributed by atoms with Gasteiger partial charge in [0.15, 0.2) is 0 Å². The van der Waals surface area contributed by atoms with Crippen LogP contribution < -0.4 is 5.32 Å². The van der Waals surface area contributed by atoms with Crippen LogP contribution in [-0.2, 0) is 0 Å². The smallest absolute Gasteiger partial charge is 0.116 e. The molecular formula is C11H23N3. The first kappa shape index (κ1) is 13.4. The molecule has 0 aromatic heterocycles. The van der Waals surface area contributed by atoms with E-state index in [0.29, 0.717) is 5.92 Å². The molecule has 1 N–H and O–H groups in total. The summed E-state index contributed by atoms with van der Waals surface area (Å²) in [6.07, 6.45) is 0. The predicted octanol–water partition coefficient (Wildman–Crippen LogP) is 1.47. The molecule has 0 amide bonds. The Kier molecular flexibility index (Phi) is 5.75. The van der Waals surface area contributed by atoms with Crippen molar-refractivity contribution in [2.75, 3.05) is 26.7 Å². The van der Waals surface area contributed by atoms with Crippen molar-refractivity contribution in [3.05, 3.63) is 0 Å². The Bertz CT molecular complexity index is 195. The fraction of sp³-hybridized carbons (Fsp3) is 0.909. The molecule has 0 aromatic carbocycles. The molecule has 0 radical (unpaired) electrons. The number of rotatable bonds is 6. The van der Waals surface area contributed by atoms with E-state index in [0.717, 1.165) is 19.6 Å². The summed E-state index contributed by atoms with van der Waals surface area (Å²) in [5.41, 5.74) is -0.418. The van der Waals surface area contributed by atoms with E-state index in [1.54, 1.807) is 0 Å². The number of nitriles is 1. The van der Waals surface area contributed by atoms with Crippen molar-refractivity contribution in [2.45, 2.75) is 33.2 Å².